The molecule has 1 aromatic carbocycles. The van der Waals surface area contributed by atoms with Gasteiger partial charge in [0.05, 0.1) is 28.3 Å². The quantitative estimate of drug-likeness (QED) is 0.113. The van der Waals surface area contributed by atoms with Gasteiger partial charge in [-0.15, -0.1) is 0 Å². The summed E-state index contributed by atoms with van der Waals surface area (Å²) in [6.45, 7) is 9.40. The van der Waals surface area contributed by atoms with Crippen molar-refractivity contribution < 1.29 is 32.9 Å². The Morgan fingerprint density at radius 3 is 2.43 bits per heavy atom. The van der Waals surface area contributed by atoms with Crippen molar-refractivity contribution in [2.45, 2.75) is 78.6 Å². The summed E-state index contributed by atoms with van der Waals surface area (Å²) in [5, 5.41) is 32.3. The summed E-state index contributed by atoms with van der Waals surface area (Å²) < 4.78 is 59.4. The van der Waals surface area contributed by atoms with E-state index in [-0.39, 0.29) is 32.4 Å². The monoisotopic (exact) mass is 637 g/mol. The zero-order chi connectivity index (χ0) is 33.2. The van der Waals surface area contributed by atoms with Crippen LogP contribution >= 0.6 is 11.6 Å². The van der Waals surface area contributed by atoms with Gasteiger partial charge in [0.1, 0.15) is 23.8 Å². The van der Waals surface area contributed by atoms with Crippen molar-refractivity contribution in [1.29, 1.82) is 0 Å². The van der Waals surface area contributed by atoms with Crippen LogP contribution in [-0.4, -0.2) is 44.6 Å². The lowest BCUT2D eigenvalue weighted by Gasteiger charge is -2.22. The van der Waals surface area contributed by atoms with E-state index in [2.05, 4.69) is 15.3 Å². The van der Waals surface area contributed by atoms with Crippen LogP contribution in [0.2, 0.25) is 5.02 Å². The fraction of sp³-hybridized carbons (Fsp3) is 0.394. The Labute approximate surface area is 260 Å². The lowest BCUT2D eigenvalue weighted by molar-refractivity contribution is 0.0950. The number of aliphatic hydroxyl groups excluding tert-OH is 2. The van der Waals surface area contributed by atoms with Crippen LogP contribution < -0.4 is 15.9 Å². The number of nitrogens with zero attached hydrogens (tertiary/aromatic N) is 2. The Morgan fingerprint density at radius 2 is 1.86 bits per heavy atom. The molecule has 1 heterocycles. The van der Waals surface area contributed by atoms with Gasteiger partial charge in [-0.05, 0) is 69.4 Å². The topological polar surface area (TPSA) is 98.0 Å². The number of nitrogens with one attached hydrogen (secondary N) is 1. The molecule has 11 heteroatoms. The van der Waals surface area contributed by atoms with Crippen LogP contribution in [0.3, 0.4) is 0 Å². The number of hydrogen-bond acceptors (Lipinski definition) is 6. The minimum Gasteiger partial charge on any atom is -0.393 e. The number of anilines is 1. The molecule has 0 bridgehead atoms. The highest BCUT2D eigenvalue weighted by Crippen LogP contribution is 2.31. The number of pyridine rings is 1. The summed E-state index contributed by atoms with van der Waals surface area (Å²) in [6, 6.07) is 1.27. The van der Waals surface area contributed by atoms with Gasteiger partial charge in [-0.25, -0.2) is 17.6 Å². The predicted octanol–water partition coefficient (Wildman–Crippen LogP) is 6.61. The van der Waals surface area contributed by atoms with Crippen LogP contribution in [0.15, 0.2) is 64.7 Å². The van der Waals surface area contributed by atoms with Crippen molar-refractivity contribution in [1.82, 2.24) is 4.98 Å². The Morgan fingerprint density at radius 1 is 1.18 bits per heavy atom. The Hall–Kier alpha value is -3.31. The lowest BCUT2D eigenvalue weighted by Crippen LogP contribution is -2.34. The minimum atomic E-state index is -3.12. The summed E-state index contributed by atoms with van der Waals surface area (Å²) in [5.41, 5.74) is -0.500. The minimum absolute atomic E-state index is 0.00919. The van der Waals surface area contributed by atoms with Crippen LogP contribution in [0, 0.1) is 5.82 Å². The van der Waals surface area contributed by atoms with Crippen LogP contribution in [0.5, 0.6) is 0 Å². The van der Waals surface area contributed by atoms with Crippen molar-refractivity contribution in [2.75, 3.05) is 11.9 Å². The van der Waals surface area contributed by atoms with Crippen molar-refractivity contribution in [3.63, 3.8) is 0 Å². The molecule has 4 N–H and O–H groups in total. The molecule has 240 valence electrons. The van der Waals surface area contributed by atoms with Gasteiger partial charge in [-0.2, -0.15) is 0 Å². The summed E-state index contributed by atoms with van der Waals surface area (Å²) in [7, 11) is 0. The third-order valence-electron chi connectivity index (χ3n) is 6.84. The summed E-state index contributed by atoms with van der Waals surface area (Å²) in [4.78, 5) is 8.54. The molecule has 0 aliphatic carbocycles. The molecule has 0 saturated heterocycles. The van der Waals surface area contributed by atoms with E-state index in [1.165, 1.54) is 18.5 Å². The van der Waals surface area contributed by atoms with Gasteiger partial charge in [-0.1, -0.05) is 49.7 Å². The largest absolute Gasteiger partial charge is 0.393 e. The molecule has 0 aliphatic heterocycles. The first-order chi connectivity index (χ1) is 20.7. The molecule has 2 aromatic rings. The first kappa shape index (κ1) is 36.9. The molecular weight excluding hydrogens is 598 g/mol. The van der Waals surface area contributed by atoms with E-state index in [9.17, 15) is 28.5 Å². The molecular formula is C33H40ClF4N3O3. The van der Waals surface area contributed by atoms with Crippen LogP contribution in [0.4, 0.5) is 23.2 Å². The fourth-order valence-electron chi connectivity index (χ4n) is 3.93. The maximum Gasteiger partial charge on any atom is 0.262 e. The molecule has 2 unspecified atom stereocenters. The fourth-order valence-corrected chi connectivity index (χ4v) is 4.14. The maximum atomic E-state index is 15.8. The van der Waals surface area contributed by atoms with Crippen LogP contribution in [0.25, 0.3) is 12.2 Å². The van der Waals surface area contributed by atoms with Crippen molar-refractivity contribution in [3.05, 3.63) is 92.3 Å². The van der Waals surface area contributed by atoms with Crippen molar-refractivity contribution in [3.8, 4) is 0 Å². The third-order valence-corrected chi connectivity index (χ3v) is 7.13. The SMILES string of the molecule is CC/C=C/C(=C\N=C(C)C(C)(C)O)C(/C)=C(F)/C=c1/ncc(Cl)c(NC(c2cc(C(O)CO)ccc2F)C(F)F)/c1=C\CC. The van der Waals surface area contributed by atoms with Gasteiger partial charge in [0.25, 0.3) is 6.43 Å². The smallest absolute Gasteiger partial charge is 0.262 e. The first-order valence-corrected chi connectivity index (χ1v) is 14.5. The van der Waals surface area contributed by atoms with Crippen molar-refractivity contribution >= 4 is 35.2 Å². The van der Waals surface area contributed by atoms with E-state index in [0.29, 0.717) is 24.1 Å². The van der Waals surface area contributed by atoms with Gasteiger partial charge in [0, 0.05) is 35.0 Å². The number of benzene rings is 1. The molecule has 0 fully saturated rings. The number of alkyl halides is 2. The van der Waals surface area contributed by atoms with Crippen LogP contribution in [0.1, 0.15) is 77.7 Å². The molecule has 1 aromatic heterocycles. The van der Waals surface area contributed by atoms with Gasteiger partial charge < -0.3 is 20.6 Å². The molecule has 6 nitrogen and oxygen atoms in total. The number of halogens is 5. The number of aliphatic hydroxyl groups is 3. The standard InChI is InChI=1S/C33H40ClF4N3O3/c1-7-9-11-22(16-39-20(4)33(5,6)44)19(3)27(36)15-28-23(10-8-2)30(25(34)17-40-28)41-31(32(37)38)24-14-21(29(43)18-42)12-13-26(24)35/h9-17,29,31-32,41-44H,7-8,18H2,1-6H3/b11-9+,22-16+,23-10-,27-19-,28-15+,39-20?. The highest BCUT2D eigenvalue weighted by atomic mass is 35.5. The summed E-state index contributed by atoms with van der Waals surface area (Å²) in [6.07, 6.45) is 5.51. The number of aromatic nitrogens is 1. The Balaban J connectivity index is 2.77. The summed E-state index contributed by atoms with van der Waals surface area (Å²) >= 11 is 6.40. The average Bonchev–Trinajstić information content (AvgIpc) is 2.97. The van der Waals surface area contributed by atoms with E-state index < -0.39 is 48.0 Å². The molecule has 0 amide bonds. The van der Waals surface area contributed by atoms with E-state index in [1.807, 2.05) is 13.0 Å². The normalized spacial score (nSPS) is 16.2. The lowest BCUT2D eigenvalue weighted by atomic mass is 10.00. The molecule has 0 saturated carbocycles. The van der Waals surface area contributed by atoms with Crippen LogP contribution in [-0.2, 0) is 0 Å². The second kappa shape index (κ2) is 16.7. The van der Waals surface area contributed by atoms with Gasteiger partial charge in [-0.3, -0.25) is 9.98 Å². The van der Waals surface area contributed by atoms with Crippen molar-refractivity contribution in [2.24, 2.45) is 4.99 Å². The van der Waals surface area contributed by atoms with Gasteiger partial charge in [0.15, 0.2) is 0 Å². The Kier molecular flexibility index (Phi) is 14.0. The third kappa shape index (κ3) is 9.85. The second-order valence-electron chi connectivity index (χ2n) is 10.6. The predicted molar refractivity (Wildman–Crippen MR) is 169 cm³/mol. The number of aliphatic imine (C=N–C) groups is 1. The van der Waals surface area contributed by atoms with Gasteiger partial charge in [0.2, 0.25) is 0 Å². The zero-order valence-electron chi connectivity index (χ0n) is 25.7. The molecule has 0 spiro atoms. The van der Waals surface area contributed by atoms with Gasteiger partial charge >= 0.3 is 0 Å². The first-order valence-electron chi connectivity index (χ1n) is 14.2. The molecule has 0 aliphatic rings. The number of hydrogen-bond donors (Lipinski definition) is 4. The average molecular weight is 638 g/mol. The van der Waals surface area contributed by atoms with E-state index in [1.54, 1.807) is 46.8 Å². The summed E-state index contributed by atoms with van der Waals surface area (Å²) in [5.74, 6) is -1.64. The second-order valence-corrected chi connectivity index (χ2v) is 11.0. The highest BCUT2D eigenvalue weighted by molar-refractivity contribution is 6.33. The van der Waals surface area contributed by atoms with E-state index in [0.717, 1.165) is 18.2 Å². The number of rotatable bonds is 13. The Bertz CT molecular complexity index is 1550. The number of allylic oxidation sites excluding steroid dienone is 5. The highest BCUT2D eigenvalue weighted by Gasteiger charge is 2.28. The molecule has 2 rings (SSSR count). The van der Waals surface area contributed by atoms with E-state index in [4.69, 9.17) is 11.6 Å². The molecule has 2 atom stereocenters. The molecule has 0 radical (unpaired) electrons. The van der Waals surface area contributed by atoms with E-state index >= 15 is 4.39 Å². The molecule has 44 heavy (non-hydrogen) atoms. The maximum absolute atomic E-state index is 15.8. The zero-order valence-corrected chi connectivity index (χ0v) is 26.4.